The zero-order chi connectivity index (χ0) is 27.8. The van der Waals surface area contributed by atoms with Crippen molar-refractivity contribution >= 4 is 32.3 Å². The highest BCUT2D eigenvalue weighted by atomic mass is 16.5. The van der Waals surface area contributed by atoms with Gasteiger partial charge in [0.15, 0.2) is 6.20 Å². The van der Waals surface area contributed by atoms with Crippen molar-refractivity contribution in [2.24, 2.45) is 18.4 Å². The molecule has 0 amide bonds. The highest BCUT2D eigenvalue weighted by Gasteiger charge is 2.34. The van der Waals surface area contributed by atoms with Crippen LogP contribution in [-0.4, -0.2) is 0 Å². The Morgan fingerprint density at radius 2 is 1.62 bits per heavy atom. The van der Waals surface area contributed by atoms with Gasteiger partial charge in [-0.3, -0.25) is 0 Å². The van der Waals surface area contributed by atoms with Crippen LogP contribution in [0.1, 0.15) is 76.6 Å². The second kappa shape index (κ2) is 9.08. The molecule has 6 rings (SSSR count). The zero-order valence-corrected chi connectivity index (χ0v) is 25.1. The van der Waals surface area contributed by atoms with Gasteiger partial charge in [0.05, 0.1) is 10.9 Å². The molecular weight excluding hydrogens is 474 g/mol. The lowest BCUT2D eigenvalue weighted by Gasteiger charge is -2.28. The third-order valence-electron chi connectivity index (χ3n) is 8.39. The Hall–Kier alpha value is -3.39. The molecule has 4 aromatic carbocycles. The van der Waals surface area contributed by atoms with E-state index < -0.39 is 0 Å². The van der Waals surface area contributed by atoms with Gasteiger partial charge in [-0.1, -0.05) is 84.9 Å². The Kier molecular flexibility index (Phi) is 6.02. The van der Waals surface area contributed by atoms with Crippen LogP contribution >= 0.6 is 0 Å². The minimum atomic E-state index is 0.124. The largest absolute Gasteiger partial charge is 0.455 e. The Morgan fingerprint density at radius 1 is 0.846 bits per heavy atom. The van der Waals surface area contributed by atoms with E-state index in [4.69, 9.17) is 4.74 Å². The topological polar surface area (TPSA) is 13.1 Å². The van der Waals surface area contributed by atoms with Crippen LogP contribution in [-0.2, 0) is 19.9 Å². The second-order valence-electron chi connectivity index (χ2n) is 13.7. The lowest BCUT2D eigenvalue weighted by atomic mass is 9.81. The number of pyridine rings is 1. The third-order valence-corrected chi connectivity index (χ3v) is 8.39. The predicted octanol–water partition coefficient (Wildman–Crippen LogP) is 9.96. The van der Waals surface area contributed by atoms with Gasteiger partial charge < -0.3 is 4.74 Å². The molecule has 2 nitrogen and oxygen atoms in total. The van der Waals surface area contributed by atoms with Crippen LogP contribution in [0.5, 0.6) is 11.5 Å². The number of benzene rings is 4. The molecule has 1 aromatic heterocycles. The molecule has 39 heavy (non-hydrogen) atoms. The monoisotopic (exact) mass is 516 g/mol. The summed E-state index contributed by atoms with van der Waals surface area (Å²) < 4.78 is 9.40. The Bertz CT molecular complexity index is 1780. The molecular formula is C37H42NO+. The van der Waals surface area contributed by atoms with Crippen molar-refractivity contribution in [2.75, 3.05) is 0 Å². The van der Waals surface area contributed by atoms with E-state index >= 15 is 0 Å². The number of fused-ring (bicyclic) bond motifs is 5. The van der Waals surface area contributed by atoms with Gasteiger partial charge in [0.25, 0.3) is 0 Å². The molecule has 0 unspecified atom stereocenters. The fourth-order valence-electron chi connectivity index (χ4n) is 6.74. The molecule has 0 aliphatic carbocycles. The molecule has 0 N–H and O–H groups in total. The first-order chi connectivity index (χ1) is 18.4. The molecule has 1 aliphatic heterocycles. The molecule has 0 saturated heterocycles. The summed E-state index contributed by atoms with van der Waals surface area (Å²) >= 11 is 0. The van der Waals surface area contributed by atoms with E-state index in [2.05, 4.69) is 122 Å². The number of nitrogens with zero attached hydrogens (tertiary/aromatic N) is 1. The number of ether oxygens (including phenoxy) is 1. The summed E-state index contributed by atoms with van der Waals surface area (Å²) in [4.78, 5) is 0. The van der Waals surface area contributed by atoms with E-state index in [1.807, 2.05) is 0 Å². The Balaban J connectivity index is 1.76. The van der Waals surface area contributed by atoms with Gasteiger partial charge in [-0.25, -0.2) is 4.57 Å². The Labute approximate surface area is 233 Å². The molecule has 2 heterocycles. The normalized spacial score (nSPS) is 13.1. The van der Waals surface area contributed by atoms with Crippen molar-refractivity contribution in [3.8, 4) is 22.8 Å². The molecule has 5 aromatic rings. The van der Waals surface area contributed by atoms with Crippen LogP contribution in [0.4, 0.5) is 0 Å². The van der Waals surface area contributed by atoms with Gasteiger partial charge in [-0.05, 0) is 81.3 Å². The summed E-state index contributed by atoms with van der Waals surface area (Å²) in [6.45, 7) is 18.5. The lowest BCUT2D eigenvalue weighted by Crippen LogP contribution is -2.32. The van der Waals surface area contributed by atoms with Crippen molar-refractivity contribution < 1.29 is 9.30 Å². The molecule has 200 valence electrons. The van der Waals surface area contributed by atoms with Gasteiger partial charge in [0.2, 0.25) is 5.69 Å². The van der Waals surface area contributed by atoms with Crippen molar-refractivity contribution in [2.45, 2.75) is 74.1 Å². The van der Waals surface area contributed by atoms with Gasteiger partial charge in [-0.15, -0.1) is 0 Å². The standard InChI is InChI=1S/C37H42NO/c1-21(2)17-24-13-14-27-29(18-24)23(5)33-35-34-28(15-16-38(35)9)26-12-10-11-25(22(3)4)30(26)19-32(34)39-36(33)31(27)20-37(6,7)8/h10-16,18-19,21-22H,17,20H2,1-9H3/q+1. The first kappa shape index (κ1) is 25.9. The van der Waals surface area contributed by atoms with Crippen molar-refractivity contribution in [3.63, 3.8) is 0 Å². The summed E-state index contributed by atoms with van der Waals surface area (Å²) in [5.41, 5.74) is 8.07. The molecule has 0 spiro atoms. The van der Waals surface area contributed by atoms with Crippen LogP contribution in [0, 0.1) is 18.3 Å². The quantitative estimate of drug-likeness (QED) is 0.168. The van der Waals surface area contributed by atoms with Crippen molar-refractivity contribution in [1.29, 1.82) is 0 Å². The maximum absolute atomic E-state index is 7.09. The van der Waals surface area contributed by atoms with Gasteiger partial charge in [-0.2, -0.15) is 0 Å². The number of rotatable bonds is 4. The van der Waals surface area contributed by atoms with Crippen LogP contribution in [0.25, 0.3) is 43.6 Å². The highest BCUT2D eigenvalue weighted by Crippen LogP contribution is 2.53. The van der Waals surface area contributed by atoms with Crippen LogP contribution < -0.4 is 9.30 Å². The number of hydrogen-bond acceptors (Lipinski definition) is 1. The van der Waals surface area contributed by atoms with E-state index in [-0.39, 0.29) is 5.41 Å². The summed E-state index contributed by atoms with van der Waals surface area (Å²) in [6.07, 6.45) is 4.28. The molecule has 0 bridgehead atoms. The molecule has 0 atom stereocenters. The molecule has 1 aliphatic rings. The maximum atomic E-state index is 7.09. The van der Waals surface area contributed by atoms with Crippen molar-refractivity contribution in [1.82, 2.24) is 0 Å². The first-order valence-electron chi connectivity index (χ1n) is 14.6. The Morgan fingerprint density at radius 3 is 2.31 bits per heavy atom. The van der Waals surface area contributed by atoms with Crippen molar-refractivity contribution in [3.05, 3.63) is 77.0 Å². The predicted molar refractivity (Wildman–Crippen MR) is 166 cm³/mol. The highest BCUT2D eigenvalue weighted by molar-refractivity contribution is 6.17. The van der Waals surface area contributed by atoms with Crippen LogP contribution in [0.2, 0.25) is 0 Å². The lowest BCUT2D eigenvalue weighted by molar-refractivity contribution is -0.659. The van der Waals surface area contributed by atoms with Gasteiger partial charge in [0.1, 0.15) is 18.5 Å². The average molecular weight is 517 g/mol. The summed E-state index contributed by atoms with van der Waals surface area (Å²) in [5.74, 6) is 3.09. The van der Waals surface area contributed by atoms with Gasteiger partial charge >= 0.3 is 0 Å². The fraction of sp³-hybridized carbons (Fsp3) is 0.378. The molecule has 0 fully saturated rings. The smallest absolute Gasteiger partial charge is 0.228 e. The summed E-state index contributed by atoms with van der Waals surface area (Å²) in [6, 6.07) is 18.5. The van der Waals surface area contributed by atoms with E-state index in [0.29, 0.717) is 11.8 Å². The fourth-order valence-corrected chi connectivity index (χ4v) is 6.74. The van der Waals surface area contributed by atoms with E-state index in [0.717, 1.165) is 24.3 Å². The van der Waals surface area contributed by atoms with Gasteiger partial charge in [0, 0.05) is 17.0 Å². The molecule has 2 heteroatoms. The number of aryl methyl sites for hydroxylation is 2. The van der Waals surface area contributed by atoms with Crippen LogP contribution in [0.15, 0.2) is 54.7 Å². The van der Waals surface area contributed by atoms with E-state index in [1.54, 1.807) is 0 Å². The number of aromatic nitrogens is 1. The summed E-state index contributed by atoms with van der Waals surface area (Å²) in [7, 11) is 2.19. The minimum absolute atomic E-state index is 0.124. The van der Waals surface area contributed by atoms with E-state index in [1.165, 1.54) is 65.8 Å². The van der Waals surface area contributed by atoms with E-state index in [9.17, 15) is 0 Å². The summed E-state index contributed by atoms with van der Waals surface area (Å²) in [5, 5.41) is 7.79. The second-order valence-corrected chi connectivity index (χ2v) is 13.7. The average Bonchev–Trinajstić information content (AvgIpc) is 2.86. The first-order valence-corrected chi connectivity index (χ1v) is 14.6. The maximum Gasteiger partial charge on any atom is 0.228 e. The molecule has 0 saturated carbocycles. The SMILES string of the molecule is Cc1c2c(c(CC(C)(C)C)c3ccc(CC(C)C)cc13)Oc1cc3c(C(C)C)cccc3c3cc[n+](C)c-2c13. The zero-order valence-electron chi connectivity index (χ0n) is 25.1. The number of hydrogen-bond donors (Lipinski definition) is 0. The minimum Gasteiger partial charge on any atom is -0.455 e. The molecule has 0 radical (unpaired) electrons. The van der Waals surface area contributed by atoms with Crippen LogP contribution in [0.3, 0.4) is 0 Å². The third kappa shape index (κ3) is 4.20.